The van der Waals surface area contributed by atoms with Gasteiger partial charge >= 0.3 is 0 Å². The van der Waals surface area contributed by atoms with E-state index in [1.807, 2.05) is 26.1 Å². The van der Waals surface area contributed by atoms with Gasteiger partial charge in [0.05, 0.1) is 5.69 Å². The van der Waals surface area contributed by atoms with Crippen LogP contribution in [0.2, 0.25) is 0 Å². The zero-order chi connectivity index (χ0) is 9.68. The second-order valence-corrected chi connectivity index (χ2v) is 3.39. The van der Waals surface area contributed by atoms with Gasteiger partial charge in [-0.2, -0.15) is 0 Å². The number of pyridine rings is 1. The van der Waals surface area contributed by atoms with Gasteiger partial charge in [0.2, 0.25) is 0 Å². The van der Waals surface area contributed by atoms with Crippen LogP contribution in [0.1, 0.15) is 18.2 Å². The Balaban J connectivity index is 2.37. The summed E-state index contributed by atoms with van der Waals surface area (Å²) in [5.74, 6) is 0. The van der Waals surface area contributed by atoms with Gasteiger partial charge in [0, 0.05) is 19.3 Å². The Morgan fingerprint density at radius 3 is 2.85 bits per heavy atom. The molecule has 2 heteroatoms. The minimum atomic E-state index is 0.813. The van der Waals surface area contributed by atoms with Gasteiger partial charge in [0.1, 0.15) is 0 Å². The lowest BCUT2D eigenvalue weighted by Gasteiger charge is -2.03. The maximum Gasteiger partial charge on any atom is 0.0541 e. The van der Waals surface area contributed by atoms with E-state index in [4.69, 9.17) is 0 Å². The van der Waals surface area contributed by atoms with Crippen LogP contribution in [0.25, 0.3) is 0 Å². The average molecular weight is 176 g/mol. The molecule has 0 aromatic carbocycles. The molecule has 1 aromatic rings. The lowest BCUT2D eigenvalue weighted by molar-refractivity contribution is 0.723. The molecule has 1 aromatic heterocycles. The summed E-state index contributed by atoms with van der Waals surface area (Å²) in [6.07, 6.45) is 1.89. The van der Waals surface area contributed by atoms with Gasteiger partial charge < -0.3 is 5.32 Å². The summed E-state index contributed by atoms with van der Waals surface area (Å²) in [5, 5.41) is 3.26. The summed E-state index contributed by atoms with van der Waals surface area (Å²) in [6.45, 7) is 9.54. The Morgan fingerprint density at radius 1 is 1.54 bits per heavy atom. The fourth-order valence-electron chi connectivity index (χ4n) is 1.01. The van der Waals surface area contributed by atoms with E-state index in [-0.39, 0.29) is 0 Å². The Morgan fingerprint density at radius 2 is 2.31 bits per heavy atom. The van der Waals surface area contributed by atoms with Crippen molar-refractivity contribution in [2.24, 2.45) is 0 Å². The number of aromatic nitrogens is 1. The number of nitrogens with one attached hydrogen (secondary N) is 1. The van der Waals surface area contributed by atoms with Crippen molar-refractivity contribution in [2.45, 2.75) is 20.4 Å². The predicted octanol–water partition coefficient (Wildman–Crippen LogP) is 2.06. The number of aryl methyl sites for hydroxylation is 1. The van der Waals surface area contributed by atoms with Gasteiger partial charge in [-0.3, -0.25) is 4.98 Å². The first-order valence-corrected chi connectivity index (χ1v) is 4.45. The lowest BCUT2D eigenvalue weighted by Crippen LogP contribution is -2.15. The standard InChI is InChI=1S/C11H16N2/c1-9(2)6-12-8-11-5-4-10(3)7-13-11/h4-5,7,12H,1,6,8H2,2-3H3. The molecule has 1 rings (SSSR count). The molecule has 0 aliphatic heterocycles. The highest BCUT2D eigenvalue weighted by molar-refractivity contribution is 5.12. The van der Waals surface area contributed by atoms with E-state index in [0.717, 1.165) is 24.4 Å². The van der Waals surface area contributed by atoms with Crippen LogP contribution in [0.3, 0.4) is 0 Å². The van der Waals surface area contributed by atoms with Crippen LogP contribution in [0, 0.1) is 6.92 Å². The summed E-state index contributed by atoms with van der Waals surface area (Å²) >= 11 is 0. The number of nitrogens with zero attached hydrogens (tertiary/aromatic N) is 1. The van der Waals surface area contributed by atoms with Crippen molar-refractivity contribution in [1.29, 1.82) is 0 Å². The second kappa shape index (κ2) is 4.77. The molecule has 0 fully saturated rings. The Labute approximate surface area is 79.7 Å². The molecular weight excluding hydrogens is 160 g/mol. The first-order valence-electron chi connectivity index (χ1n) is 4.45. The molecule has 0 amide bonds. The van der Waals surface area contributed by atoms with E-state index in [2.05, 4.69) is 22.9 Å². The molecule has 0 saturated carbocycles. The number of hydrogen-bond donors (Lipinski definition) is 1. The van der Waals surface area contributed by atoms with E-state index in [1.54, 1.807) is 0 Å². The summed E-state index contributed by atoms with van der Waals surface area (Å²) in [4.78, 5) is 4.28. The molecule has 0 bridgehead atoms. The molecular formula is C11H16N2. The Hall–Kier alpha value is -1.15. The first-order chi connectivity index (χ1) is 6.18. The third-order valence-corrected chi connectivity index (χ3v) is 1.71. The quantitative estimate of drug-likeness (QED) is 0.710. The molecule has 70 valence electrons. The summed E-state index contributed by atoms with van der Waals surface area (Å²) in [5.41, 5.74) is 3.42. The predicted molar refractivity (Wildman–Crippen MR) is 55.5 cm³/mol. The second-order valence-electron chi connectivity index (χ2n) is 3.39. The molecule has 0 aliphatic carbocycles. The van der Waals surface area contributed by atoms with Crippen LogP contribution >= 0.6 is 0 Å². The van der Waals surface area contributed by atoms with E-state index >= 15 is 0 Å². The summed E-state index contributed by atoms with van der Waals surface area (Å²) in [7, 11) is 0. The SMILES string of the molecule is C=C(C)CNCc1ccc(C)cn1. The first kappa shape index (κ1) is 9.93. The van der Waals surface area contributed by atoms with Crippen molar-refractivity contribution >= 4 is 0 Å². The summed E-state index contributed by atoms with van der Waals surface area (Å²) in [6, 6.07) is 4.12. The van der Waals surface area contributed by atoms with E-state index in [9.17, 15) is 0 Å². The van der Waals surface area contributed by atoms with Crippen molar-refractivity contribution in [2.75, 3.05) is 6.54 Å². The molecule has 0 spiro atoms. The zero-order valence-corrected chi connectivity index (χ0v) is 8.30. The van der Waals surface area contributed by atoms with Crippen molar-refractivity contribution in [3.63, 3.8) is 0 Å². The van der Waals surface area contributed by atoms with Crippen LogP contribution in [0.15, 0.2) is 30.5 Å². The highest BCUT2D eigenvalue weighted by Gasteiger charge is 1.92. The molecule has 2 nitrogen and oxygen atoms in total. The van der Waals surface area contributed by atoms with Crippen LogP contribution in [0.4, 0.5) is 0 Å². The van der Waals surface area contributed by atoms with E-state index in [0.29, 0.717) is 0 Å². The number of rotatable bonds is 4. The van der Waals surface area contributed by atoms with Crippen LogP contribution in [-0.4, -0.2) is 11.5 Å². The van der Waals surface area contributed by atoms with Crippen molar-refractivity contribution in [3.05, 3.63) is 41.7 Å². The van der Waals surface area contributed by atoms with Crippen LogP contribution in [0.5, 0.6) is 0 Å². The number of hydrogen-bond acceptors (Lipinski definition) is 2. The topological polar surface area (TPSA) is 24.9 Å². The van der Waals surface area contributed by atoms with E-state index < -0.39 is 0 Å². The maximum absolute atomic E-state index is 4.28. The van der Waals surface area contributed by atoms with Crippen molar-refractivity contribution < 1.29 is 0 Å². The molecule has 0 radical (unpaired) electrons. The highest BCUT2D eigenvalue weighted by Crippen LogP contribution is 1.97. The van der Waals surface area contributed by atoms with Gasteiger partial charge in [0.15, 0.2) is 0 Å². The van der Waals surface area contributed by atoms with E-state index in [1.165, 1.54) is 5.56 Å². The van der Waals surface area contributed by atoms with Crippen LogP contribution in [-0.2, 0) is 6.54 Å². The van der Waals surface area contributed by atoms with Gasteiger partial charge in [-0.25, -0.2) is 0 Å². The van der Waals surface area contributed by atoms with Crippen molar-refractivity contribution in [1.82, 2.24) is 10.3 Å². The summed E-state index contributed by atoms with van der Waals surface area (Å²) < 4.78 is 0. The maximum atomic E-state index is 4.28. The monoisotopic (exact) mass is 176 g/mol. The third kappa shape index (κ3) is 3.85. The largest absolute Gasteiger partial charge is 0.307 e. The third-order valence-electron chi connectivity index (χ3n) is 1.71. The highest BCUT2D eigenvalue weighted by atomic mass is 14.9. The minimum Gasteiger partial charge on any atom is -0.307 e. The van der Waals surface area contributed by atoms with Gasteiger partial charge in [0.25, 0.3) is 0 Å². The fraction of sp³-hybridized carbons (Fsp3) is 0.364. The molecule has 0 unspecified atom stereocenters. The zero-order valence-electron chi connectivity index (χ0n) is 8.30. The average Bonchev–Trinajstić information content (AvgIpc) is 2.08. The van der Waals surface area contributed by atoms with Crippen molar-refractivity contribution in [3.8, 4) is 0 Å². The van der Waals surface area contributed by atoms with Gasteiger partial charge in [-0.1, -0.05) is 18.2 Å². The van der Waals surface area contributed by atoms with Gasteiger partial charge in [-0.05, 0) is 25.5 Å². The Kier molecular flexibility index (Phi) is 3.65. The molecule has 0 aliphatic rings. The minimum absolute atomic E-state index is 0.813. The smallest absolute Gasteiger partial charge is 0.0541 e. The normalized spacial score (nSPS) is 10.0. The molecule has 13 heavy (non-hydrogen) atoms. The molecule has 1 N–H and O–H groups in total. The van der Waals surface area contributed by atoms with Gasteiger partial charge in [-0.15, -0.1) is 0 Å². The lowest BCUT2D eigenvalue weighted by atomic mass is 10.2. The van der Waals surface area contributed by atoms with Crippen LogP contribution < -0.4 is 5.32 Å². The molecule has 0 saturated heterocycles. The molecule has 0 atom stereocenters. The molecule has 1 heterocycles. The Bertz CT molecular complexity index is 275. The fourth-order valence-corrected chi connectivity index (χ4v) is 1.01.